The zero-order valence-corrected chi connectivity index (χ0v) is 12.7. The predicted molar refractivity (Wildman–Crippen MR) is 77.9 cm³/mol. The Labute approximate surface area is 119 Å². The van der Waals surface area contributed by atoms with E-state index >= 15 is 0 Å². The largest absolute Gasteiger partial charge is 0.321 e. The van der Waals surface area contributed by atoms with Gasteiger partial charge in [-0.15, -0.1) is 0 Å². The van der Waals surface area contributed by atoms with E-state index in [1.807, 2.05) is 0 Å². The van der Waals surface area contributed by atoms with E-state index in [4.69, 9.17) is 0 Å². The van der Waals surface area contributed by atoms with Crippen molar-refractivity contribution >= 4 is 17.2 Å². The summed E-state index contributed by atoms with van der Waals surface area (Å²) in [4.78, 5) is 14.7. The van der Waals surface area contributed by atoms with Gasteiger partial charge < -0.3 is 4.90 Å². The van der Waals surface area contributed by atoms with Crippen molar-refractivity contribution in [1.29, 1.82) is 0 Å². The van der Waals surface area contributed by atoms with E-state index in [1.54, 1.807) is 11.3 Å². The van der Waals surface area contributed by atoms with Gasteiger partial charge in [0.1, 0.15) is 11.7 Å². The Kier molecular flexibility index (Phi) is 3.18. The molecule has 1 saturated heterocycles. The van der Waals surface area contributed by atoms with Gasteiger partial charge in [0.25, 0.3) is 0 Å². The van der Waals surface area contributed by atoms with Gasteiger partial charge in [0, 0.05) is 6.54 Å². The number of nitrogens with zero attached hydrogens (tertiary/aromatic N) is 1. The highest BCUT2D eigenvalue weighted by Crippen LogP contribution is 2.46. The molecule has 0 radical (unpaired) electrons. The molecule has 2 fully saturated rings. The van der Waals surface area contributed by atoms with Crippen LogP contribution < -0.4 is 5.32 Å². The van der Waals surface area contributed by atoms with E-state index in [1.165, 1.54) is 5.56 Å². The van der Waals surface area contributed by atoms with Gasteiger partial charge in [0.05, 0.1) is 0 Å². The fourth-order valence-corrected chi connectivity index (χ4v) is 3.36. The van der Waals surface area contributed by atoms with Crippen molar-refractivity contribution < 1.29 is 4.79 Å². The number of rotatable bonds is 4. The number of hydrogen-bond acceptors (Lipinski definition) is 3. The average molecular weight is 278 g/mol. The molecule has 1 saturated carbocycles. The predicted octanol–water partition coefficient (Wildman–Crippen LogP) is 3.00. The number of amides is 1. The van der Waals surface area contributed by atoms with Crippen molar-refractivity contribution in [3.8, 4) is 0 Å². The van der Waals surface area contributed by atoms with E-state index < -0.39 is 0 Å². The van der Waals surface area contributed by atoms with Crippen LogP contribution in [-0.4, -0.2) is 22.9 Å². The fourth-order valence-electron chi connectivity index (χ4n) is 2.68. The molecule has 1 N–H and O–H groups in total. The lowest BCUT2D eigenvalue weighted by Crippen LogP contribution is -2.36. The topological polar surface area (TPSA) is 32.3 Å². The minimum absolute atomic E-state index is 0.0856. The van der Waals surface area contributed by atoms with Crippen LogP contribution in [0.2, 0.25) is 0 Å². The zero-order chi connectivity index (χ0) is 13.6. The molecule has 1 aromatic rings. The first-order chi connectivity index (χ1) is 9.03. The number of thiophene rings is 1. The summed E-state index contributed by atoms with van der Waals surface area (Å²) >= 11 is 1.70. The second-order valence-electron chi connectivity index (χ2n) is 6.36. The van der Waals surface area contributed by atoms with Gasteiger partial charge in [-0.05, 0) is 47.1 Å². The molecule has 1 aromatic heterocycles. The Morgan fingerprint density at radius 1 is 1.47 bits per heavy atom. The number of hydrogen-bond donors (Lipinski definition) is 1. The third-order valence-corrected chi connectivity index (χ3v) is 5.33. The van der Waals surface area contributed by atoms with Crippen molar-refractivity contribution in [3.63, 3.8) is 0 Å². The summed E-state index contributed by atoms with van der Waals surface area (Å²) in [5.41, 5.74) is 1.02. The molecule has 2 aliphatic rings. The number of carbonyl (C=O) groups excluding carboxylic acids is 1. The Balaban J connectivity index is 1.83. The van der Waals surface area contributed by atoms with Crippen molar-refractivity contribution in [2.75, 3.05) is 6.54 Å². The molecule has 0 bridgehead atoms. The molecule has 1 amide bonds. The molecule has 1 aliphatic heterocycles. The van der Waals surface area contributed by atoms with Gasteiger partial charge in [-0.3, -0.25) is 10.1 Å². The number of nitrogens with one attached hydrogen (secondary N) is 1. The Hall–Kier alpha value is -0.870. The summed E-state index contributed by atoms with van der Waals surface area (Å²) in [5.74, 6) is 1.45. The van der Waals surface area contributed by atoms with Gasteiger partial charge in [0.15, 0.2) is 0 Å². The maximum absolute atomic E-state index is 12.6. The van der Waals surface area contributed by atoms with Crippen LogP contribution in [0.3, 0.4) is 0 Å². The fraction of sp³-hybridized carbons (Fsp3) is 0.667. The van der Waals surface area contributed by atoms with Crippen LogP contribution in [0.25, 0.3) is 0 Å². The molecule has 19 heavy (non-hydrogen) atoms. The second kappa shape index (κ2) is 4.60. The Morgan fingerprint density at radius 3 is 2.74 bits per heavy atom. The molecular weight excluding hydrogens is 256 g/mol. The first kappa shape index (κ1) is 13.1. The first-order valence-electron chi connectivity index (χ1n) is 7.14. The van der Waals surface area contributed by atoms with Crippen LogP contribution in [0.15, 0.2) is 16.8 Å². The summed E-state index contributed by atoms with van der Waals surface area (Å²) < 4.78 is 0. The van der Waals surface area contributed by atoms with Crippen molar-refractivity contribution in [2.24, 2.45) is 11.8 Å². The van der Waals surface area contributed by atoms with Crippen molar-refractivity contribution in [3.05, 3.63) is 22.4 Å². The maximum atomic E-state index is 12.6. The van der Waals surface area contributed by atoms with Crippen molar-refractivity contribution in [2.45, 2.75) is 45.3 Å². The maximum Gasteiger partial charge on any atom is 0.244 e. The highest BCUT2D eigenvalue weighted by Gasteiger charge is 2.59. The molecular formula is C15H22N2OS. The van der Waals surface area contributed by atoms with E-state index in [9.17, 15) is 4.79 Å². The Morgan fingerprint density at radius 2 is 2.21 bits per heavy atom. The molecule has 3 rings (SSSR count). The molecule has 2 unspecified atom stereocenters. The van der Waals surface area contributed by atoms with Crippen LogP contribution in [-0.2, 0) is 4.79 Å². The van der Waals surface area contributed by atoms with E-state index in [0.717, 1.165) is 19.4 Å². The van der Waals surface area contributed by atoms with E-state index in [0.29, 0.717) is 17.7 Å². The number of carbonyl (C=O) groups is 1. The van der Waals surface area contributed by atoms with Gasteiger partial charge in [-0.1, -0.05) is 20.8 Å². The molecule has 1 aliphatic carbocycles. The summed E-state index contributed by atoms with van der Waals surface area (Å²) in [5, 5.41) is 7.81. The lowest BCUT2D eigenvalue weighted by atomic mass is 9.97. The zero-order valence-electron chi connectivity index (χ0n) is 11.8. The Bertz CT molecular complexity index is 464. The third kappa shape index (κ3) is 2.21. The molecule has 1 spiro atoms. The second-order valence-corrected chi connectivity index (χ2v) is 7.14. The molecule has 2 heterocycles. The van der Waals surface area contributed by atoms with Gasteiger partial charge in [-0.2, -0.15) is 11.3 Å². The minimum Gasteiger partial charge on any atom is -0.321 e. The summed E-state index contributed by atoms with van der Waals surface area (Å²) in [6.45, 7) is 7.54. The summed E-state index contributed by atoms with van der Waals surface area (Å²) in [6.07, 6.45) is 2.08. The van der Waals surface area contributed by atoms with E-state index in [2.05, 4.69) is 47.8 Å². The lowest BCUT2D eigenvalue weighted by molar-refractivity contribution is -0.131. The van der Waals surface area contributed by atoms with Gasteiger partial charge in [-0.25, -0.2) is 0 Å². The third-order valence-electron chi connectivity index (χ3n) is 4.63. The molecule has 4 heteroatoms. The van der Waals surface area contributed by atoms with Crippen molar-refractivity contribution in [1.82, 2.24) is 10.2 Å². The van der Waals surface area contributed by atoms with Crippen LogP contribution in [0.1, 0.15) is 45.3 Å². The van der Waals surface area contributed by atoms with Gasteiger partial charge >= 0.3 is 0 Å². The summed E-state index contributed by atoms with van der Waals surface area (Å²) in [6, 6.07) is 2.13. The van der Waals surface area contributed by atoms with Crippen LogP contribution in [0, 0.1) is 11.8 Å². The monoisotopic (exact) mass is 278 g/mol. The normalized spacial score (nSPS) is 26.4. The van der Waals surface area contributed by atoms with Crippen LogP contribution >= 0.6 is 11.3 Å². The average Bonchev–Trinajstić information content (AvgIpc) is 2.85. The smallest absolute Gasteiger partial charge is 0.244 e. The highest BCUT2D eigenvalue weighted by molar-refractivity contribution is 7.07. The van der Waals surface area contributed by atoms with E-state index in [-0.39, 0.29) is 11.7 Å². The van der Waals surface area contributed by atoms with Gasteiger partial charge in [0.2, 0.25) is 5.91 Å². The standard InChI is InChI=1S/C15H22N2OS/c1-10(2)11(3)8-17-13(12-4-7-19-9-12)16-15(5-6-15)14(17)18/h4,7,9-11,13,16H,5-6,8H2,1-3H3. The summed E-state index contributed by atoms with van der Waals surface area (Å²) in [7, 11) is 0. The highest BCUT2D eigenvalue weighted by atomic mass is 32.1. The molecule has 2 atom stereocenters. The lowest BCUT2D eigenvalue weighted by Gasteiger charge is -2.28. The van der Waals surface area contributed by atoms with Crippen LogP contribution in [0.5, 0.6) is 0 Å². The minimum atomic E-state index is -0.219. The first-order valence-corrected chi connectivity index (χ1v) is 8.09. The molecule has 0 aromatic carbocycles. The van der Waals surface area contributed by atoms with Crippen LogP contribution in [0.4, 0.5) is 0 Å². The SMILES string of the molecule is CC(C)C(C)CN1C(=O)C2(CC2)NC1c1ccsc1. The molecule has 104 valence electrons. The molecule has 3 nitrogen and oxygen atoms in total. The quantitative estimate of drug-likeness (QED) is 0.918.